The van der Waals surface area contributed by atoms with E-state index in [2.05, 4.69) is 30.5 Å². The van der Waals surface area contributed by atoms with Gasteiger partial charge in [0.1, 0.15) is 11.5 Å². The SMILES string of the molecule is O=C1Cc2ccccc2C(c2ccccc2)=NC1Nc1nnc(-c2ncc(C(F)(F)F)cc2-c2cnc(C3CCC3)nc2)o1. The highest BCUT2D eigenvalue weighted by Gasteiger charge is 2.33. The zero-order valence-electron chi connectivity index (χ0n) is 23.1. The number of ketones is 1. The second-order valence-corrected chi connectivity index (χ2v) is 10.7. The third-order valence-corrected chi connectivity index (χ3v) is 7.80. The van der Waals surface area contributed by atoms with Crippen LogP contribution in [0.2, 0.25) is 0 Å². The van der Waals surface area contributed by atoms with E-state index in [1.807, 2.05) is 54.6 Å². The number of rotatable bonds is 6. The van der Waals surface area contributed by atoms with Crippen molar-refractivity contribution >= 4 is 17.5 Å². The Morgan fingerprint density at radius 2 is 1.59 bits per heavy atom. The molecule has 1 saturated carbocycles. The van der Waals surface area contributed by atoms with Crippen molar-refractivity contribution in [1.29, 1.82) is 0 Å². The van der Waals surface area contributed by atoms with Gasteiger partial charge in [-0.3, -0.25) is 9.79 Å². The maximum absolute atomic E-state index is 13.7. The van der Waals surface area contributed by atoms with E-state index in [-0.39, 0.29) is 41.3 Å². The van der Waals surface area contributed by atoms with Crippen molar-refractivity contribution in [3.8, 4) is 22.7 Å². The average Bonchev–Trinajstić information content (AvgIpc) is 3.42. The van der Waals surface area contributed by atoms with E-state index >= 15 is 0 Å². The molecule has 1 N–H and O–H groups in total. The molecule has 0 amide bonds. The lowest BCUT2D eigenvalue weighted by molar-refractivity contribution is -0.137. The molecule has 4 heterocycles. The van der Waals surface area contributed by atoms with Crippen LogP contribution in [0.3, 0.4) is 0 Å². The Hall–Kier alpha value is -5.26. The van der Waals surface area contributed by atoms with Gasteiger partial charge >= 0.3 is 12.2 Å². The fourth-order valence-electron chi connectivity index (χ4n) is 5.26. The number of hydrogen-bond donors (Lipinski definition) is 1. The monoisotopic (exact) mass is 595 g/mol. The van der Waals surface area contributed by atoms with Crippen molar-refractivity contribution in [2.45, 2.75) is 43.9 Å². The molecule has 44 heavy (non-hydrogen) atoms. The van der Waals surface area contributed by atoms with Crippen LogP contribution in [0.4, 0.5) is 19.2 Å². The number of nitrogens with one attached hydrogen (secondary N) is 1. The Morgan fingerprint density at radius 1 is 0.841 bits per heavy atom. The van der Waals surface area contributed by atoms with Crippen LogP contribution in [0.25, 0.3) is 22.7 Å². The molecular weight excluding hydrogens is 571 g/mol. The normalized spacial score (nSPS) is 16.9. The quantitative estimate of drug-likeness (QED) is 0.244. The number of carbonyl (C=O) groups is 1. The molecule has 0 saturated heterocycles. The van der Waals surface area contributed by atoms with Gasteiger partial charge in [0.05, 0.1) is 11.3 Å². The number of Topliss-reactive ketones (excluding diaryl/α,β-unsaturated/α-hetero) is 1. The van der Waals surface area contributed by atoms with Crippen LogP contribution < -0.4 is 5.32 Å². The maximum atomic E-state index is 13.7. The van der Waals surface area contributed by atoms with Gasteiger partial charge in [0, 0.05) is 53.2 Å². The maximum Gasteiger partial charge on any atom is 0.417 e. The van der Waals surface area contributed by atoms with Crippen molar-refractivity contribution in [2.24, 2.45) is 4.99 Å². The molecule has 0 spiro atoms. The van der Waals surface area contributed by atoms with E-state index < -0.39 is 17.9 Å². The van der Waals surface area contributed by atoms with Gasteiger partial charge in [0.15, 0.2) is 11.9 Å². The molecule has 9 nitrogen and oxygen atoms in total. The first-order valence-electron chi connectivity index (χ1n) is 14.1. The van der Waals surface area contributed by atoms with E-state index in [0.717, 1.165) is 42.0 Å². The first-order chi connectivity index (χ1) is 21.3. The first-order valence-corrected chi connectivity index (χ1v) is 14.1. The number of fused-ring (bicyclic) bond motifs is 1. The molecule has 0 radical (unpaired) electrons. The van der Waals surface area contributed by atoms with Gasteiger partial charge in [-0.25, -0.2) is 15.0 Å². The van der Waals surface area contributed by atoms with Crippen LogP contribution in [-0.2, 0) is 17.4 Å². The highest BCUT2D eigenvalue weighted by atomic mass is 19.4. The summed E-state index contributed by atoms with van der Waals surface area (Å²) in [4.78, 5) is 30.9. The molecule has 1 aliphatic carbocycles. The third-order valence-electron chi connectivity index (χ3n) is 7.80. The summed E-state index contributed by atoms with van der Waals surface area (Å²) in [5.74, 6) is 0.560. The Kier molecular flexibility index (Phi) is 6.96. The molecule has 0 bridgehead atoms. The molecule has 1 unspecified atom stereocenters. The molecule has 7 rings (SSSR count). The van der Waals surface area contributed by atoms with Gasteiger partial charge in [0.2, 0.25) is 0 Å². The van der Waals surface area contributed by atoms with Crippen molar-refractivity contribution < 1.29 is 22.4 Å². The fraction of sp³-hybridized carbons (Fsp3) is 0.219. The number of benzene rings is 2. The third kappa shape index (κ3) is 5.34. The molecule has 1 fully saturated rings. The Morgan fingerprint density at radius 3 is 2.32 bits per heavy atom. The highest BCUT2D eigenvalue weighted by molar-refractivity contribution is 6.16. The number of halogens is 3. The lowest BCUT2D eigenvalue weighted by atomic mass is 9.85. The van der Waals surface area contributed by atoms with Crippen LogP contribution in [0.1, 0.15) is 53.3 Å². The molecule has 1 aliphatic heterocycles. The number of nitrogens with zero attached hydrogens (tertiary/aromatic N) is 6. The molecular formula is C32H24F3N7O2. The van der Waals surface area contributed by atoms with Crippen molar-refractivity contribution in [3.05, 3.63) is 107 Å². The standard InChI is InChI=1S/C32H24F3N7O2/c33-32(34,35)22-14-24(21-15-37-28(38-16-21)19-10-6-11-19)27(36-17-22)30-41-42-31(44-30)40-29-25(43)13-20-9-4-5-12-23(20)26(39-29)18-7-2-1-3-8-18/h1-5,7-9,12,14-17,19,29H,6,10-11,13H2,(H,40,42). The smallest absolute Gasteiger partial charge is 0.402 e. The van der Waals surface area contributed by atoms with E-state index in [0.29, 0.717) is 23.3 Å². The number of aromatic nitrogens is 5. The molecule has 220 valence electrons. The van der Waals surface area contributed by atoms with Crippen LogP contribution in [0, 0.1) is 0 Å². The number of carbonyl (C=O) groups excluding carboxylic acids is 1. The Bertz CT molecular complexity index is 1870. The van der Waals surface area contributed by atoms with Crippen molar-refractivity contribution in [3.63, 3.8) is 0 Å². The Balaban J connectivity index is 1.23. The zero-order valence-corrected chi connectivity index (χ0v) is 23.1. The molecule has 1 atom stereocenters. The fourth-order valence-corrected chi connectivity index (χ4v) is 5.26. The molecule has 2 aliphatic rings. The summed E-state index contributed by atoms with van der Waals surface area (Å²) in [6.07, 6.45) is 1.19. The van der Waals surface area contributed by atoms with Crippen LogP contribution in [-0.4, -0.2) is 42.8 Å². The summed E-state index contributed by atoms with van der Waals surface area (Å²) in [6.45, 7) is 0. The summed E-state index contributed by atoms with van der Waals surface area (Å²) >= 11 is 0. The van der Waals surface area contributed by atoms with E-state index in [1.165, 1.54) is 12.4 Å². The second kappa shape index (κ2) is 11.1. The second-order valence-electron chi connectivity index (χ2n) is 10.7. The predicted octanol–water partition coefficient (Wildman–Crippen LogP) is 6.28. The summed E-state index contributed by atoms with van der Waals surface area (Å²) in [5, 5.41) is 11.0. The van der Waals surface area contributed by atoms with Crippen LogP contribution in [0.15, 0.2) is 88.7 Å². The number of anilines is 1. The number of alkyl halides is 3. The number of hydrogen-bond acceptors (Lipinski definition) is 9. The van der Waals surface area contributed by atoms with Gasteiger partial charge in [-0.15, -0.1) is 5.10 Å². The van der Waals surface area contributed by atoms with Crippen molar-refractivity contribution in [2.75, 3.05) is 5.32 Å². The van der Waals surface area contributed by atoms with Gasteiger partial charge in [-0.2, -0.15) is 13.2 Å². The minimum atomic E-state index is -4.62. The topological polar surface area (TPSA) is 119 Å². The summed E-state index contributed by atoms with van der Waals surface area (Å²) in [5.41, 5.74) is 2.61. The minimum Gasteiger partial charge on any atom is -0.402 e. The lowest BCUT2D eigenvalue weighted by Crippen LogP contribution is -2.29. The molecule has 5 aromatic rings. The van der Waals surface area contributed by atoms with Crippen LogP contribution in [0.5, 0.6) is 0 Å². The van der Waals surface area contributed by atoms with Crippen molar-refractivity contribution in [1.82, 2.24) is 25.1 Å². The minimum absolute atomic E-state index is 0.0200. The van der Waals surface area contributed by atoms with Crippen LogP contribution >= 0.6 is 0 Å². The average molecular weight is 596 g/mol. The number of pyridine rings is 1. The summed E-state index contributed by atoms with van der Waals surface area (Å²) in [7, 11) is 0. The first kappa shape index (κ1) is 27.6. The number of aliphatic imine (C=N–C) groups is 1. The summed E-state index contributed by atoms with van der Waals surface area (Å²) in [6, 6.07) is 17.9. The lowest BCUT2D eigenvalue weighted by Gasteiger charge is -2.23. The highest BCUT2D eigenvalue weighted by Crippen LogP contribution is 2.38. The zero-order chi connectivity index (χ0) is 30.3. The Labute approximate surface area is 249 Å². The molecule has 2 aromatic carbocycles. The largest absolute Gasteiger partial charge is 0.417 e. The van der Waals surface area contributed by atoms with Gasteiger partial charge in [0.25, 0.3) is 5.89 Å². The van der Waals surface area contributed by atoms with E-state index in [1.54, 1.807) is 0 Å². The van der Waals surface area contributed by atoms with Gasteiger partial charge < -0.3 is 9.73 Å². The van der Waals surface area contributed by atoms with E-state index in [9.17, 15) is 18.0 Å². The van der Waals surface area contributed by atoms with Gasteiger partial charge in [-0.05, 0) is 24.5 Å². The molecule has 3 aromatic heterocycles. The van der Waals surface area contributed by atoms with E-state index in [4.69, 9.17) is 9.41 Å². The molecule has 12 heteroatoms. The predicted molar refractivity (Wildman–Crippen MR) is 155 cm³/mol. The van der Waals surface area contributed by atoms with Gasteiger partial charge in [-0.1, -0.05) is 66.1 Å². The summed E-state index contributed by atoms with van der Waals surface area (Å²) < 4.78 is 46.8.